The van der Waals surface area contributed by atoms with Gasteiger partial charge < -0.3 is 10.6 Å². The Hall–Kier alpha value is -4.22. The zero-order chi connectivity index (χ0) is 26.5. The first-order chi connectivity index (χ1) is 17.7. The Morgan fingerprint density at radius 1 is 1.03 bits per heavy atom. The molecule has 3 aromatic carbocycles. The van der Waals surface area contributed by atoms with E-state index in [4.69, 9.17) is 16.6 Å². The van der Waals surface area contributed by atoms with Gasteiger partial charge >= 0.3 is 0 Å². The third-order valence-electron chi connectivity index (χ3n) is 5.52. The van der Waals surface area contributed by atoms with Crippen LogP contribution in [0.4, 0.5) is 17.1 Å². The van der Waals surface area contributed by atoms with Gasteiger partial charge in [0.1, 0.15) is 6.04 Å². The number of nitrogens with zero attached hydrogens (tertiary/aromatic N) is 3. The monoisotopic (exact) mass is 537 g/mol. The Morgan fingerprint density at radius 3 is 2.41 bits per heavy atom. The normalized spacial score (nSPS) is 15.0. The molecule has 188 valence electrons. The van der Waals surface area contributed by atoms with Crippen molar-refractivity contribution in [2.45, 2.75) is 18.7 Å². The van der Waals surface area contributed by atoms with Crippen molar-refractivity contribution in [3.8, 4) is 0 Å². The number of thioether (sulfide) groups is 1. The van der Waals surface area contributed by atoms with Crippen LogP contribution in [0.25, 0.3) is 0 Å². The number of nitro groups is 2. The predicted molar refractivity (Wildman–Crippen MR) is 144 cm³/mol. The fourth-order valence-electron chi connectivity index (χ4n) is 3.69. The molecule has 0 saturated heterocycles. The number of amidine groups is 1. The number of non-ortho nitro benzene ring substituents is 2. The van der Waals surface area contributed by atoms with Crippen molar-refractivity contribution >= 4 is 51.5 Å². The Kier molecular flexibility index (Phi) is 7.85. The van der Waals surface area contributed by atoms with Gasteiger partial charge in [-0.2, -0.15) is 0 Å². The van der Waals surface area contributed by atoms with Crippen LogP contribution < -0.4 is 10.6 Å². The first kappa shape index (κ1) is 25.9. The second kappa shape index (κ2) is 11.2. The largest absolute Gasteiger partial charge is 0.338 e. The van der Waals surface area contributed by atoms with Crippen molar-refractivity contribution in [1.29, 1.82) is 0 Å². The predicted octanol–water partition coefficient (Wildman–Crippen LogP) is 6.00. The van der Waals surface area contributed by atoms with E-state index >= 15 is 0 Å². The van der Waals surface area contributed by atoms with Crippen molar-refractivity contribution in [2.75, 3.05) is 5.32 Å². The lowest BCUT2D eigenvalue weighted by Gasteiger charge is -2.26. The second-order valence-corrected chi connectivity index (χ2v) is 9.36. The molecule has 2 N–H and O–H groups in total. The molecule has 3 aromatic rings. The number of benzene rings is 3. The van der Waals surface area contributed by atoms with Gasteiger partial charge in [-0.15, -0.1) is 0 Å². The molecule has 12 heteroatoms. The molecule has 4 rings (SSSR count). The number of amides is 1. The van der Waals surface area contributed by atoms with Gasteiger partial charge in [0, 0.05) is 46.4 Å². The molecule has 1 aliphatic rings. The summed E-state index contributed by atoms with van der Waals surface area (Å²) in [5.41, 5.74) is 2.30. The minimum Gasteiger partial charge on any atom is -0.338 e. The highest BCUT2D eigenvalue weighted by Gasteiger charge is 2.30. The number of anilines is 1. The maximum Gasteiger partial charge on any atom is 0.269 e. The maximum absolute atomic E-state index is 13.4. The van der Waals surface area contributed by atoms with Crippen molar-refractivity contribution in [1.82, 2.24) is 5.32 Å². The van der Waals surface area contributed by atoms with Crippen molar-refractivity contribution in [2.24, 2.45) is 4.99 Å². The highest BCUT2D eigenvalue weighted by atomic mass is 35.5. The highest BCUT2D eigenvalue weighted by Crippen LogP contribution is 2.35. The smallest absolute Gasteiger partial charge is 0.269 e. The number of rotatable bonds is 7. The molecular formula is C25H20ClN5O5S. The molecular weight excluding hydrogens is 518 g/mol. The van der Waals surface area contributed by atoms with E-state index in [1.807, 2.05) is 18.2 Å². The van der Waals surface area contributed by atoms with Gasteiger partial charge in [0.2, 0.25) is 0 Å². The van der Waals surface area contributed by atoms with Crippen LogP contribution in [0.3, 0.4) is 0 Å². The summed E-state index contributed by atoms with van der Waals surface area (Å²) in [6.07, 6.45) is 0. The molecule has 1 atom stereocenters. The number of hydrogen-bond acceptors (Lipinski definition) is 8. The van der Waals surface area contributed by atoms with E-state index < -0.39 is 21.8 Å². The number of carbonyl (C=O) groups is 1. The Balaban J connectivity index is 1.65. The molecule has 1 amide bonds. The SMILES string of the molecule is CC1=C(C(=O)Nc2ccc([N+](=O)[O-])cc2)C(c2cccc([N+](=O)[O-])c2)N=C(SCc2ccccc2Cl)N1. The standard InChI is InChI=1S/C25H20ClN5O5S/c1-15-22(24(32)28-18-9-11-19(12-10-18)30(33)34)23(16-6-4-7-20(13-16)31(35)36)29-25(27-15)37-14-17-5-2-3-8-21(17)26/h2-13,23H,14H2,1H3,(H,27,29)(H,28,32). The topological polar surface area (TPSA) is 140 Å². The number of halogens is 1. The summed E-state index contributed by atoms with van der Waals surface area (Å²) in [5.74, 6) is 0.0272. The van der Waals surface area contributed by atoms with E-state index in [9.17, 15) is 25.0 Å². The van der Waals surface area contributed by atoms with E-state index in [2.05, 4.69) is 10.6 Å². The van der Waals surface area contributed by atoms with E-state index in [1.165, 1.54) is 48.2 Å². The van der Waals surface area contributed by atoms with Gasteiger partial charge in [-0.3, -0.25) is 25.0 Å². The number of nitrogens with one attached hydrogen (secondary N) is 2. The number of allylic oxidation sites excluding steroid dienone is 1. The average Bonchev–Trinajstić information content (AvgIpc) is 2.88. The molecule has 0 bridgehead atoms. The number of aliphatic imine (C=N–C) groups is 1. The van der Waals surface area contributed by atoms with Gasteiger partial charge in [0.05, 0.1) is 15.4 Å². The third kappa shape index (κ3) is 6.13. The molecule has 0 spiro atoms. The van der Waals surface area contributed by atoms with Crippen LogP contribution in [0.2, 0.25) is 5.02 Å². The molecule has 0 aromatic heterocycles. The Labute approximate surface area is 220 Å². The van der Waals surface area contributed by atoms with Crippen LogP contribution in [-0.2, 0) is 10.5 Å². The van der Waals surface area contributed by atoms with E-state index in [0.29, 0.717) is 32.9 Å². The third-order valence-corrected chi connectivity index (χ3v) is 6.82. The van der Waals surface area contributed by atoms with Crippen LogP contribution in [0.1, 0.15) is 24.1 Å². The summed E-state index contributed by atoms with van der Waals surface area (Å²) in [6.45, 7) is 1.72. The zero-order valence-corrected chi connectivity index (χ0v) is 21.0. The Morgan fingerprint density at radius 2 is 1.73 bits per heavy atom. The number of hydrogen-bond donors (Lipinski definition) is 2. The average molecular weight is 538 g/mol. The van der Waals surface area contributed by atoms with E-state index in [-0.39, 0.29) is 16.9 Å². The van der Waals surface area contributed by atoms with E-state index in [1.54, 1.807) is 25.1 Å². The molecule has 1 aliphatic heterocycles. The lowest BCUT2D eigenvalue weighted by molar-refractivity contribution is -0.385. The van der Waals surface area contributed by atoms with Crippen LogP contribution in [0, 0.1) is 20.2 Å². The molecule has 0 fully saturated rings. The van der Waals surface area contributed by atoms with Gasteiger partial charge in [-0.25, -0.2) is 4.99 Å². The zero-order valence-electron chi connectivity index (χ0n) is 19.4. The van der Waals surface area contributed by atoms with Crippen LogP contribution >= 0.6 is 23.4 Å². The minimum atomic E-state index is -0.826. The number of carbonyl (C=O) groups excluding carboxylic acids is 1. The van der Waals surface area contributed by atoms with Gasteiger partial charge in [0.15, 0.2) is 5.17 Å². The fourth-order valence-corrected chi connectivity index (χ4v) is 4.92. The summed E-state index contributed by atoms with van der Waals surface area (Å²) in [6, 6.07) is 18.0. The molecule has 0 saturated carbocycles. The molecule has 1 unspecified atom stereocenters. The van der Waals surface area contributed by atoms with Crippen LogP contribution in [-0.4, -0.2) is 20.9 Å². The summed E-state index contributed by atoms with van der Waals surface area (Å²) in [7, 11) is 0. The van der Waals surface area contributed by atoms with E-state index in [0.717, 1.165) is 5.56 Å². The van der Waals surface area contributed by atoms with Crippen LogP contribution in [0.15, 0.2) is 89.1 Å². The summed E-state index contributed by atoms with van der Waals surface area (Å²) >= 11 is 7.66. The van der Waals surface area contributed by atoms with Crippen molar-refractivity contribution < 1.29 is 14.6 Å². The highest BCUT2D eigenvalue weighted by molar-refractivity contribution is 8.13. The molecule has 1 heterocycles. The molecule has 0 radical (unpaired) electrons. The van der Waals surface area contributed by atoms with Crippen molar-refractivity contribution in [3.63, 3.8) is 0 Å². The summed E-state index contributed by atoms with van der Waals surface area (Å²) < 4.78 is 0. The summed E-state index contributed by atoms with van der Waals surface area (Å²) in [4.78, 5) is 39.4. The lowest BCUT2D eigenvalue weighted by Crippen LogP contribution is -2.32. The summed E-state index contributed by atoms with van der Waals surface area (Å²) in [5, 5.41) is 29.4. The van der Waals surface area contributed by atoms with Gasteiger partial charge in [-0.1, -0.05) is 53.7 Å². The minimum absolute atomic E-state index is 0.105. The molecule has 37 heavy (non-hydrogen) atoms. The van der Waals surface area contributed by atoms with Crippen LogP contribution in [0.5, 0.6) is 0 Å². The quantitative estimate of drug-likeness (QED) is 0.278. The molecule has 10 nitrogen and oxygen atoms in total. The Bertz CT molecular complexity index is 1440. The maximum atomic E-state index is 13.4. The second-order valence-electron chi connectivity index (χ2n) is 7.99. The first-order valence-corrected chi connectivity index (χ1v) is 12.3. The number of nitro benzene ring substituents is 2. The first-order valence-electron chi connectivity index (χ1n) is 10.9. The van der Waals surface area contributed by atoms with Crippen molar-refractivity contribution in [3.05, 3.63) is 120 Å². The lowest BCUT2D eigenvalue weighted by atomic mass is 9.95. The van der Waals surface area contributed by atoms with Gasteiger partial charge in [-0.05, 0) is 36.2 Å². The fraction of sp³-hybridized carbons (Fsp3) is 0.120. The van der Waals surface area contributed by atoms with Gasteiger partial charge in [0.25, 0.3) is 17.3 Å². The molecule has 0 aliphatic carbocycles.